The zero-order valence-corrected chi connectivity index (χ0v) is 29.2. The van der Waals surface area contributed by atoms with E-state index >= 15 is 0 Å². The number of nitrogens with one attached hydrogen (secondary N) is 1. The smallest absolute Gasteiger partial charge is 0.276 e. The lowest BCUT2D eigenvalue weighted by Crippen LogP contribution is -2.49. The third kappa shape index (κ3) is 7.13. The summed E-state index contributed by atoms with van der Waals surface area (Å²) in [4.78, 5) is 50.2. The number of fused-ring (bicyclic) bond motifs is 2. The van der Waals surface area contributed by atoms with Crippen LogP contribution in [0.4, 0.5) is 0 Å². The lowest BCUT2D eigenvalue weighted by molar-refractivity contribution is 0.0570. The van der Waals surface area contributed by atoms with Gasteiger partial charge in [-0.25, -0.2) is 0 Å². The highest BCUT2D eigenvalue weighted by Gasteiger charge is 2.40. The molecule has 55 heavy (non-hydrogen) atoms. The van der Waals surface area contributed by atoms with E-state index in [1.54, 1.807) is 36.4 Å². The van der Waals surface area contributed by atoms with E-state index in [2.05, 4.69) is 15.5 Å². The fourth-order valence-corrected chi connectivity index (χ4v) is 7.29. The van der Waals surface area contributed by atoms with Gasteiger partial charge >= 0.3 is 0 Å². The maximum absolute atomic E-state index is 13.5. The first-order valence-electron chi connectivity index (χ1n) is 20.9. The second-order valence-corrected chi connectivity index (χ2v) is 13.0. The lowest BCUT2D eigenvalue weighted by Gasteiger charge is -2.40. The van der Waals surface area contributed by atoms with Gasteiger partial charge in [0.2, 0.25) is 10.9 Å². The molecule has 8 rings (SSSR count). The van der Waals surface area contributed by atoms with Gasteiger partial charge < -0.3 is 20.4 Å². The molecule has 0 saturated carbocycles. The molecular weight excluding hydrogens is 697 g/mol. The molecule has 2 aromatic heterocycles. The van der Waals surface area contributed by atoms with Crippen LogP contribution in [-0.2, 0) is 0 Å². The van der Waals surface area contributed by atoms with E-state index in [-0.39, 0.29) is 17.7 Å². The second-order valence-electron chi connectivity index (χ2n) is 13.0. The largest absolute Gasteiger partial charge is 0.502 e. The van der Waals surface area contributed by atoms with Crippen molar-refractivity contribution in [3.63, 3.8) is 0 Å². The minimum Gasteiger partial charge on any atom is -0.502 e. The molecule has 0 unspecified atom stereocenters. The molecular formula is C43H40N6O6. The number of amides is 2. The first-order chi connectivity index (χ1) is 29.5. The molecule has 12 heteroatoms. The molecule has 0 fully saturated rings. The second kappa shape index (κ2) is 15.7. The number of rotatable bonds is 7. The summed E-state index contributed by atoms with van der Waals surface area (Å²) in [7, 11) is 0. The van der Waals surface area contributed by atoms with Crippen molar-refractivity contribution in [1.29, 1.82) is 0 Å². The van der Waals surface area contributed by atoms with Crippen molar-refractivity contribution < 1.29 is 29.4 Å². The normalized spacial score (nSPS) is 18.8. The summed E-state index contributed by atoms with van der Waals surface area (Å²) in [5.74, 6) is -4.07. The first kappa shape index (κ1) is 28.7. The number of carbonyl (C=O) groups excluding carboxylic acids is 2. The van der Waals surface area contributed by atoms with E-state index in [0.29, 0.717) is 11.4 Å². The van der Waals surface area contributed by atoms with Crippen molar-refractivity contribution in [2.24, 2.45) is 0 Å². The van der Waals surface area contributed by atoms with Crippen LogP contribution in [0.25, 0.3) is 0 Å². The summed E-state index contributed by atoms with van der Waals surface area (Å²) in [5.41, 5.74) is 1.16. The van der Waals surface area contributed by atoms with E-state index in [1.165, 1.54) is 4.68 Å². The number of benzene rings is 4. The fourth-order valence-electron chi connectivity index (χ4n) is 7.29. The monoisotopic (exact) mass is 743 g/mol. The summed E-state index contributed by atoms with van der Waals surface area (Å²) < 4.78 is 58.6. The van der Waals surface area contributed by atoms with Crippen molar-refractivity contribution in [2.75, 3.05) is 13.1 Å². The number of aromatic nitrogens is 4. The molecule has 4 aromatic carbocycles. The Bertz CT molecular complexity index is 2610. The highest BCUT2D eigenvalue weighted by atomic mass is 16.3. The van der Waals surface area contributed by atoms with Gasteiger partial charge in [-0.1, -0.05) is 121 Å². The average Bonchev–Trinajstić information content (AvgIpc) is 3.25. The first-order valence-corrected chi connectivity index (χ1v) is 17.4. The molecule has 3 N–H and O–H groups in total. The number of aromatic hydroxyl groups is 2. The van der Waals surface area contributed by atoms with Gasteiger partial charge in [0, 0.05) is 39.2 Å². The van der Waals surface area contributed by atoms with Crippen LogP contribution in [0.2, 0.25) is 0 Å². The number of hydrogen-bond donors (Lipinski definition) is 3. The Hall–Kier alpha value is -6.82. The molecule has 12 nitrogen and oxygen atoms in total. The maximum atomic E-state index is 13.5. The van der Waals surface area contributed by atoms with Crippen molar-refractivity contribution in [2.45, 2.75) is 43.6 Å². The summed E-state index contributed by atoms with van der Waals surface area (Å²) in [6.45, 7) is -7.09. The zero-order chi connectivity index (χ0) is 44.6. The highest BCUT2D eigenvalue weighted by Crippen LogP contribution is 2.40. The lowest BCUT2D eigenvalue weighted by atomic mass is 9.83. The number of carbonyl (C=O) groups is 2. The number of hydrogen-bond acceptors (Lipinski definition) is 8. The quantitative estimate of drug-likeness (QED) is 0.200. The topological polar surface area (TPSA) is 160 Å². The molecule has 2 atom stereocenters. The molecule has 2 aliphatic rings. The van der Waals surface area contributed by atoms with Crippen LogP contribution >= 0.6 is 0 Å². The van der Waals surface area contributed by atoms with E-state index in [1.807, 2.05) is 84.9 Å². The highest BCUT2D eigenvalue weighted by molar-refractivity contribution is 5.96. The van der Waals surface area contributed by atoms with E-state index in [9.17, 15) is 29.4 Å². The number of nitrogens with zero attached hydrogens (tertiary/aromatic N) is 5. The Balaban J connectivity index is 0.000000196. The predicted molar refractivity (Wildman–Crippen MR) is 206 cm³/mol. The summed E-state index contributed by atoms with van der Waals surface area (Å²) >= 11 is 0. The Kier molecular flexibility index (Phi) is 8.15. The fraction of sp³-hybridized carbons (Fsp3) is 0.209. The van der Waals surface area contributed by atoms with Crippen molar-refractivity contribution >= 4 is 11.8 Å². The van der Waals surface area contributed by atoms with Crippen LogP contribution in [0.5, 0.6) is 11.5 Å². The minimum atomic E-state index is -3.45. The molecule has 0 bridgehead atoms. The molecule has 2 aliphatic heterocycles. The van der Waals surface area contributed by atoms with Gasteiger partial charge in [0.25, 0.3) is 11.8 Å². The third-order valence-corrected chi connectivity index (χ3v) is 9.78. The molecule has 0 spiro atoms. The predicted octanol–water partition coefficient (Wildman–Crippen LogP) is 5.25. The van der Waals surface area contributed by atoms with Gasteiger partial charge in [0.15, 0.2) is 22.9 Å². The summed E-state index contributed by atoms with van der Waals surface area (Å²) in [6.07, 6.45) is 1.89. The van der Waals surface area contributed by atoms with Crippen LogP contribution in [0, 0.1) is 0 Å². The summed E-state index contributed by atoms with van der Waals surface area (Å²) in [5, 5.41) is 31.7. The van der Waals surface area contributed by atoms with E-state index < -0.39 is 78.1 Å². The van der Waals surface area contributed by atoms with Crippen LogP contribution < -0.4 is 16.2 Å². The molecule has 0 aliphatic carbocycles. The van der Waals surface area contributed by atoms with Gasteiger partial charge in [-0.15, -0.1) is 0 Å². The van der Waals surface area contributed by atoms with E-state index in [0.717, 1.165) is 39.3 Å². The van der Waals surface area contributed by atoms with Crippen molar-refractivity contribution in [1.82, 2.24) is 29.8 Å². The third-order valence-electron chi connectivity index (χ3n) is 9.78. The van der Waals surface area contributed by atoms with Gasteiger partial charge in [0.05, 0.1) is 25.8 Å². The molecule has 0 radical (unpaired) electrons. The van der Waals surface area contributed by atoms with Gasteiger partial charge in [0.1, 0.15) is 0 Å². The van der Waals surface area contributed by atoms with Crippen LogP contribution in [0.15, 0.2) is 143 Å². The molecule has 6 aromatic rings. The molecule has 278 valence electrons. The molecule has 2 amide bonds. The zero-order valence-electron chi connectivity index (χ0n) is 36.2. The summed E-state index contributed by atoms with van der Waals surface area (Å²) in [6, 6.07) is 33.2. The van der Waals surface area contributed by atoms with Crippen molar-refractivity contribution in [3.05, 3.63) is 188 Å². The van der Waals surface area contributed by atoms with E-state index in [4.69, 9.17) is 9.60 Å². The SMILES string of the molecule is O=C1NC[C@H](C(c2ccccc2)c2ccccc2)n2ncc(=O)c(O)c21.[2H]C([2H])([2H])C([2H])(N1C[C@H](C(c2ccccc2)c2ccccc2)n2ncc(=O)c(O)c2C1=O)C([2H])([2H])[2H]. The Morgan fingerprint density at radius 1 is 0.636 bits per heavy atom. The Morgan fingerprint density at radius 3 is 1.47 bits per heavy atom. The van der Waals surface area contributed by atoms with Crippen LogP contribution in [0.1, 0.15) is 90.4 Å². The Morgan fingerprint density at radius 2 is 1.04 bits per heavy atom. The minimum absolute atomic E-state index is 0.0920. The van der Waals surface area contributed by atoms with Crippen LogP contribution in [0.3, 0.4) is 0 Å². The molecule has 4 heterocycles. The van der Waals surface area contributed by atoms with Gasteiger partial charge in [-0.05, 0) is 36.0 Å². The van der Waals surface area contributed by atoms with Gasteiger partial charge in [-0.2, -0.15) is 10.2 Å². The van der Waals surface area contributed by atoms with Crippen LogP contribution in [-0.4, -0.2) is 65.6 Å². The standard InChI is InChI=1S/C23H23N3O3.C20H17N3O3/c1-15(2)25-14-18(26-21(23(25)29)22(28)19(27)13-24-26)20(16-9-5-3-6-10-16)17-11-7-4-8-12-17;24-16-12-22-23-15(11-21-20(26)18(23)19(16)25)17(13-7-3-1-4-8-13)14-9-5-2-6-10-14/h3-13,15,18,20,28H,14H2,1-2H3;1-10,12,15,17,25H,11H2,(H,21,26)/t18-;15-/m11/s1/i1D3,2D3,15D;. The Labute approximate surface area is 326 Å². The van der Waals surface area contributed by atoms with Gasteiger partial charge in [-0.3, -0.25) is 28.5 Å². The average molecular weight is 744 g/mol. The molecule has 0 saturated heterocycles. The van der Waals surface area contributed by atoms with Crippen molar-refractivity contribution in [3.8, 4) is 11.5 Å². The maximum Gasteiger partial charge on any atom is 0.276 e.